The highest BCUT2D eigenvalue weighted by Gasteiger charge is 1.98. The SMILES string of the molecule is O=C(O)CCCCCCCCCCC(=O)O.[C]. The number of rotatable bonds is 11. The average Bonchev–Trinajstić information content (AvgIpc) is 2.20. The summed E-state index contributed by atoms with van der Waals surface area (Å²) in [5.41, 5.74) is 0. The highest BCUT2D eigenvalue weighted by atomic mass is 16.4. The highest BCUT2D eigenvalue weighted by molar-refractivity contribution is 5.66. The molecule has 0 aromatic carbocycles. The first kappa shape index (κ1) is 18.3. The summed E-state index contributed by atoms with van der Waals surface area (Å²) in [5.74, 6) is -1.43. The summed E-state index contributed by atoms with van der Waals surface area (Å²) in [6, 6.07) is 0. The topological polar surface area (TPSA) is 74.6 Å². The Morgan fingerprint density at radius 1 is 0.588 bits per heavy atom. The zero-order valence-corrected chi connectivity index (χ0v) is 10.3. The van der Waals surface area contributed by atoms with E-state index in [4.69, 9.17) is 10.2 Å². The molecule has 0 amide bonds. The number of carbonyl (C=O) groups is 2. The van der Waals surface area contributed by atoms with Crippen molar-refractivity contribution in [3.8, 4) is 0 Å². The maximum Gasteiger partial charge on any atom is 0.303 e. The predicted molar refractivity (Wildman–Crippen MR) is 64.7 cm³/mol. The molecule has 98 valence electrons. The molecule has 4 radical (unpaired) electrons. The molecule has 0 aromatic heterocycles. The summed E-state index contributed by atoms with van der Waals surface area (Å²) in [6.07, 6.45) is 8.51. The van der Waals surface area contributed by atoms with Crippen molar-refractivity contribution in [2.24, 2.45) is 0 Å². The first-order chi connectivity index (χ1) is 7.63. The van der Waals surface area contributed by atoms with E-state index in [1.165, 1.54) is 0 Å². The van der Waals surface area contributed by atoms with Crippen LogP contribution in [0.15, 0.2) is 0 Å². The molecule has 17 heavy (non-hydrogen) atoms. The van der Waals surface area contributed by atoms with Gasteiger partial charge in [0.05, 0.1) is 0 Å². The molecule has 4 nitrogen and oxygen atoms in total. The van der Waals surface area contributed by atoms with E-state index in [9.17, 15) is 9.59 Å². The number of carboxylic acid groups (broad SMARTS) is 2. The molecule has 0 fully saturated rings. The van der Waals surface area contributed by atoms with Gasteiger partial charge in [0.25, 0.3) is 0 Å². The van der Waals surface area contributed by atoms with Crippen molar-refractivity contribution in [1.29, 1.82) is 0 Å². The standard InChI is InChI=1S/C12H22O4.C/c13-11(14)9-7-5-3-1-2-4-6-8-10-12(15)16;/h1-10H2,(H,13,14)(H,15,16);. The molecule has 4 heteroatoms. The van der Waals surface area contributed by atoms with E-state index < -0.39 is 11.9 Å². The minimum atomic E-state index is -0.714. The monoisotopic (exact) mass is 242 g/mol. The molecule has 0 saturated carbocycles. The smallest absolute Gasteiger partial charge is 0.303 e. The summed E-state index contributed by atoms with van der Waals surface area (Å²) < 4.78 is 0. The van der Waals surface area contributed by atoms with Crippen molar-refractivity contribution < 1.29 is 19.8 Å². The molecule has 0 aromatic rings. The third-order valence-electron chi connectivity index (χ3n) is 2.53. The molecule has 0 saturated heterocycles. The van der Waals surface area contributed by atoms with Crippen LogP contribution in [0.1, 0.15) is 64.2 Å². The van der Waals surface area contributed by atoms with E-state index in [1.54, 1.807) is 0 Å². The molecule has 0 unspecified atom stereocenters. The van der Waals surface area contributed by atoms with Crippen molar-refractivity contribution in [3.63, 3.8) is 0 Å². The third kappa shape index (κ3) is 17.5. The van der Waals surface area contributed by atoms with Gasteiger partial charge in [0.1, 0.15) is 0 Å². The second-order valence-electron chi connectivity index (χ2n) is 4.12. The summed E-state index contributed by atoms with van der Waals surface area (Å²) in [4.78, 5) is 20.4. The van der Waals surface area contributed by atoms with Crippen LogP contribution in [0, 0.1) is 7.43 Å². The number of unbranched alkanes of at least 4 members (excludes halogenated alkanes) is 7. The van der Waals surface area contributed by atoms with Crippen LogP contribution >= 0.6 is 0 Å². The van der Waals surface area contributed by atoms with Crippen molar-refractivity contribution in [3.05, 3.63) is 7.43 Å². The Kier molecular flexibility index (Phi) is 14.0. The lowest BCUT2D eigenvalue weighted by molar-refractivity contribution is -0.138. The number of hydrogen-bond donors (Lipinski definition) is 2. The van der Waals surface area contributed by atoms with Gasteiger partial charge in [-0.3, -0.25) is 9.59 Å². The fraction of sp³-hybridized carbons (Fsp3) is 0.769. The minimum absolute atomic E-state index is 0. The van der Waals surface area contributed by atoms with Gasteiger partial charge in [-0.15, -0.1) is 0 Å². The molecule has 0 aliphatic carbocycles. The van der Waals surface area contributed by atoms with Crippen LogP contribution in [0.5, 0.6) is 0 Å². The molecule has 0 spiro atoms. The van der Waals surface area contributed by atoms with Gasteiger partial charge in [-0.05, 0) is 12.8 Å². The summed E-state index contributed by atoms with van der Waals surface area (Å²) in [7, 11) is 0. The van der Waals surface area contributed by atoms with E-state index in [0.717, 1.165) is 51.4 Å². The fourth-order valence-electron chi connectivity index (χ4n) is 1.61. The lowest BCUT2D eigenvalue weighted by atomic mass is 10.1. The summed E-state index contributed by atoms with van der Waals surface area (Å²) in [5, 5.41) is 16.8. The molecule has 0 aliphatic rings. The van der Waals surface area contributed by atoms with Gasteiger partial charge in [0.2, 0.25) is 0 Å². The van der Waals surface area contributed by atoms with Gasteiger partial charge in [0, 0.05) is 20.3 Å². The number of hydrogen-bond acceptors (Lipinski definition) is 2. The molecule has 0 heterocycles. The Hall–Kier alpha value is -1.06. The summed E-state index contributed by atoms with van der Waals surface area (Å²) >= 11 is 0. The van der Waals surface area contributed by atoms with Crippen LogP contribution < -0.4 is 0 Å². The van der Waals surface area contributed by atoms with Crippen LogP contribution in [0.25, 0.3) is 0 Å². The third-order valence-corrected chi connectivity index (χ3v) is 2.53. The zero-order valence-electron chi connectivity index (χ0n) is 10.3. The average molecular weight is 242 g/mol. The van der Waals surface area contributed by atoms with Crippen LogP contribution in [-0.4, -0.2) is 22.2 Å². The molecule has 0 atom stereocenters. The van der Waals surface area contributed by atoms with E-state index in [-0.39, 0.29) is 20.3 Å². The maximum absolute atomic E-state index is 10.2. The van der Waals surface area contributed by atoms with Crippen molar-refractivity contribution in [1.82, 2.24) is 0 Å². The Morgan fingerprint density at radius 3 is 1.06 bits per heavy atom. The minimum Gasteiger partial charge on any atom is -0.481 e. The maximum atomic E-state index is 10.2. The number of aliphatic carboxylic acids is 2. The van der Waals surface area contributed by atoms with E-state index in [1.807, 2.05) is 0 Å². The Bertz CT molecular complexity index is 180. The van der Waals surface area contributed by atoms with Gasteiger partial charge in [-0.2, -0.15) is 0 Å². The molecule has 0 bridgehead atoms. The van der Waals surface area contributed by atoms with E-state index in [2.05, 4.69) is 0 Å². The lowest BCUT2D eigenvalue weighted by Crippen LogP contribution is -1.94. The van der Waals surface area contributed by atoms with Gasteiger partial charge in [-0.25, -0.2) is 0 Å². The summed E-state index contributed by atoms with van der Waals surface area (Å²) in [6.45, 7) is 0. The number of carboxylic acids is 2. The van der Waals surface area contributed by atoms with Crippen molar-refractivity contribution in [2.75, 3.05) is 0 Å². The van der Waals surface area contributed by atoms with Crippen LogP contribution in [0.4, 0.5) is 0 Å². The lowest BCUT2D eigenvalue weighted by Gasteiger charge is -2.00. The van der Waals surface area contributed by atoms with Crippen LogP contribution in [0.3, 0.4) is 0 Å². The molecular formula is C13H22O4. The van der Waals surface area contributed by atoms with Crippen molar-refractivity contribution in [2.45, 2.75) is 64.2 Å². The van der Waals surface area contributed by atoms with Gasteiger partial charge in [0.15, 0.2) is 0 Å². The predicted octanol–water partition coefficient (Wildman–Crippen LogP) is 3.14. The second-order valence-corrected chi connectivity index (χ2v) is 4.12. The molecule has 2 N–H and O–H groups in total. The van der Waals surface area contributed by atoms with E-state index in [0.29, 0.717) is 0 Å². The van der Waals surface area contributed by atoms with Crippen molar-refractivity contribution >= 4 is 11.9 Å². The normalized spacial score (nSPS) is 9.65. The first-order valence-electron chi connectivity index (χ1n) is 6.06. The van der Waals surface area contributed by atoms with Crippen LogP contribution in [0.2, 0.25) is 0 Å². The largest absolute Gasteiger partial charge is 0.481 e. The Balaban J connectivity index is 0. The Morgan fingerprint density at radius 2 is 0.824 bits per heavy atom. The molecule has 0 aliphatic heterocycles. The first-order valence-corrected chi connectivity index (χ1v) is 6.06. The quantitative estimate of drug-likeness (QED) is 0.546. The van der Waals surface area contributed by atoms with Gasteiger partial charge < -0.3 is 10.2 Å². The fourth-order valence-corrected chi connectivity index (χ4v) is 1.61. The zero-order chi connectivity index (χ0) is 12.2. The highest BCUT2D eigenvalue weighted by Crippen LogP contribution is 2.10. The van der Waals surface area contributed by atoms with E-state index >= 15 is 0 Å². The van der Waals surface area contributed by atoms with Gasteiger partial charge in [-0.1, -0.05) is 38.5 Å². The second kappa shape index (κ2) is 13.0. The molecular weight excluding hydrogens is 220 g/mol. The van der Waals surface area contributed by atoms with Crippen LogP contribution in [-0.2, 0) is 9.59 Å². The van der Waals surface area contributed by atoms with Gasteiger partial charge >= 0.3 is 11.9 Å². The Labute approximate surface area is 104 Å². The molecule has 0 rings (SSSR count).